The smallest absolute Gasteiger partial charge is 0.208 e. The van der Waals surface area contributed by atoms with Crippen LogP contribution in [0.15, 0.2) is 56.4 Å². The predicted octanol–water partition coefficient (Wildman–Crippen LogP) is 4.02. The first-order valence-electron chi connectivity index (χ1n) is 4.71. The standard InChI is InChI=1S/C12H9BrO2S/c13-9-3-1-4-10(7-9)16-8-11(14)12-5-2-6-15-12/h1-7H,8H2. The molecule has 4 heteroatoms. The summed E-state index contributed by atoms with van der Waals surface area (Å²) in [6, 6.07) is 11.3. The topological polar surface area (TPSA) is 30.2 Å². The van der Waals surface area contributed by atoms with E-state index in [2.05, 4.69) is 15.9 Å². The van der Waals surface area contributed by atoms with Gasteiger partial charge in [-0.2, -0.15) is 0 Å². The second-order valence-corrected chi connectivity index (χ2v) is 5.11. The van der Waals surface area contributed by atoms with E-state index in [1.165, 1.54) is 18.0 Å². The van der Waals surface area contributed by atoms with Gasteiger partial charge in [0.05, 0.1) is 12.0 Å². The van der Waals surface area contributed by atoms with Crippen LogP contribution < -0.4 is 0 Å². The number of thioether (sulfide) groups is 1. The molecule has 1 aromatic heterocycles. The highest BCUT2D eigenvalue weighted by Gasteiger charge is 2.08. The highest BCUT2D eigenvalue weighted by atomic mass is 79.9. The molecule has 0 N–H and O–H groups in total. The highest BCUT2D eigenvalue weighted by molar-refractivity contribution is 9.10. The van der Waals surface area contributed by atoms with Crippen LogP contribution in [0.1, 0.15) is 10.6 Å². The zero-order chi connectivity index (χ0) is 11.4. The Morgan fingerprint density at radius 2 is 2.19 bits per heavy atom. The maximum Gasteiger partial charge on any atom is 0.208 e. The van der Waals surface area contributed by atoms with Crippen LogP contribution in [-0.2, 0) is 0 Å². The van der Waals surface area contributed by atoms with Crippen molar-refractivity contribution in [3.05, 3.63) is 52.9 Å². The number of hydrogen-bond acceptors (Lipinski definition) is 3. The van der Waals surface area contributed by atoms with Crippen molar-refractivity contribution in [2.24, 2.45) is 0 Å². The van der Waals surface area contributed by atoms with Gasteiger partial charge in [-0.15, -0.1) is 11.8 Å². The van der Waals surface area contributed by atoms with Gasteiger partial charge in [0.25, 0.3) is 0 Å². The lowest BCUT2D eigenvalue weighted by Crippen LogP contribution is -1.99. The van der Waals surface area contributed by atoms with Crippen LogP contribution in [0, 0.1) is 0 Å². The van der Waals surface area contributed by atoms with Gasteiger partial charge in [-0.25, -0.2) is 0 Å². The molecule has 16 heavy (non-hydrogen) atoms. The Morgan fingerprint density at radius 1 is 1.31 bits per heavy atom. The molecule has 1 aromatic carbocycles. The SMILES string of the molecule is O=C(CSc1cccc(Br)c1)c1ccco1. The molecule has 0 atom stereocenters. The van der Waals surface area contributed by atoms with Crippen molar-refractivity contribution >= 4 is 33.5 Å². The van der Waals surface area contributed by atoms with Gasteiger partial charge in [-0.05, 0) is 30.3 Å². The van der Waals surface area contributed by atoms with E-state index >= 15 is 0 Å². The van der Waals surface area contributed by atoms with Gasteiger partial charge in [0, 0.05) is 9.37 Å². The number of Topliss-reactive ketones (excluding diaryl/α,β-unsaturated/α-hetero) is 1. The molecule has 0 unspecified atom stereocenters. The van der Waals surface area contributed by atoms with Crippen molar-refractivity contribution in [1.29, 1.82) is 0 Å². The van der Waals surface area contributed by atoms with Gasteiger partial charge in [-0.3, -0.25) is 4.79 Å². The number of furan rings is 1. The van der Waals surface area contributed by atoms with E-state index in [4.69, 9.17) is 4.42 Å². The number of rotatable bonds is 4. The monoisotopic (exact) mass is 296 g/mol. The summed E-state index contributed by atoms with van der Waals surface area (Å²) in [6.45, 7) is 0. The summed E-state index contributed by atoms with van der Waals surface area (Å²) in [5.41, 5.74) is 0. The maximum atomic E-state index is 11.6. The Labute approximate surface area is 106 Å². The zero-order valence-electron chi connectivity index (χ0n) is 8.35. The second-order valence-electron chi connectivity index (χ2n) is 3.15. The van der Waals surface area contributed by atoms with Crippen LogP contribution in [0.2, 0.25) is 0 Å². The molecule has 0 bridgehead atoms. The minimum atomic E-state index is 0.00924. The zero-order valence-corrected chi connectivity index (χ0v) is 10.8. The Hall–Kier alpha value is -1.00. The molecule has 2 nitrogen and oxygen atoms in total. The van der Waals surface area contributed by atoms with Crippen molar-refractivity contribution in [2.45, 2.75) is 4.90 Å². The van der Waals surface area contributed by atoms with Crippen molar-refractivity contribution in [3.8, 4) is 0 Å². The lowest BCUT2D eigenvalue weighted by atomic mass is 10.3. The van der Waals surface area contributed by atoms with E-state index in [0.29, 0.717) is 11.5 Å². The molecular weight excluding hydrogens is 288 g/mol. The first-order valence-corrected chi connectivity index (χ1v) is 6.48. The van der Waals surface area contributed by atoms with E-state index in [0.717, 1.165) is 9.37 Å². The Balaban J connectivity index is 1.95. The summed E-state index contributed by atoms with van der Waals surface area (Å²) in [5.74, 6) is 0.821. The Bertz CT molecular complexity index is 480. The van der Waals surface area contributed by atoms with Crippen LogP contribution in [0.25, 0.3) is 0 Å². The molecule has 0 saturated heterocycles. The lowest BCUT2D eigenvalue weighted by molar-refractivity contribution is 0.0992. The van der Waals surface area contributed by atoms with Crippen molar-refractivity contribution in [1.82, 2.24) is 0 Å². The minimum absolute atomic E-state index is 0.00924. The molecule has 0 amide bonds. The molecule has 0 aliphatic heterocycles. The van der Waals surface area contributed by atoms with Crippen LogP contribution in [0.3, 0.4) is 0 Å². The molecule has 0 aliphatic carbocycles. The number of carbonyl (C=O) groups excluding carboxylic acids is 1. The summed E-state index contributed by atoms with van der Waals surface area (Å²) in [5, 5.41) is 0. The summed E-state index contributed by atoms with van der Waals surface area (Å²) >= 11 is 4.89. The summed E-state index contributed by atoms with van der Waals surface area (Å²) < 4.78 is 6.05. The number of halogens is 1. The van der Waals surface area contributed by atoms with Crippen LogP contribution >= 0.6 is 27.7 Å². The second kappa shape index (κ2) is 5.37. The molecule has 0 spiro atoms. The number of hydrogen-bond donors (Lipinski definition) is 0. The fourth-order valence-electron chi connectivity index (χ4n) is 1.21. The Morgan fingerprint density at radius 3 is 2.88 bits per heavy atom. The van der Waals surface area contributed by atoms with E-state index in [1.807, 2.05) is 24.3 Å². The summed E-state index contributed by atoms with van der Waals surface area (Å²) in [4.78, 5) is 12.7. The van der Waals surface area contributed by atoms with Gasteiger partial charge in [-0.1, -0.05) is 22.0 Å². The van der Waals surface area contributed by atoms with Crippen molar-refractivity contribution in [3.63, 3.8) is 0 Å². The molecule has 2 rings (SSSR count). The quantitative estimate of drug-likeness (QED) is 0.631. The third-order valence-corrected chi connectivity index (χ3v) is 3.45. The molecule has 0 radical (unpaired) electrons. The van der Waals surface area contributed by atoms with E-state index in [1.54, 1.807) is 12.1 Å². The Kier molecular flexibility index (Phi) is 3.85. The average molecular weight is 297 g/mol. The summed E-state index contributed by atoms with van der Waals surface area (Å²) in [7, 11) is 0. The molecule has 82 valence electrons. The first kappa shape index (κ1) is 11.5. The number of ketones is 1. The van der Waals surface area contributed by atoms with Crippen molar-refractivity contribution < 1.29 is 9.21 Å². The van der Waals surface area contributed by atoms with Crippen LogP contribution in [0.4, 0.5) is 0 Å². The highest BCUT2D eigenvalue weighted by Crippen LogP contribution is 2.22. The normalized spacial score (nSPS) is 10.3. The van der Waals surface area contributed by atoms with Gasteiger partial charge < -0.3 is 4.42 Å². The lowest BCUT2D eigenvalue weighted by Gasteiger charge is -2.00. The van der Waals surface area contributed by atoms with Crippen molar-refractivity contribution in [2.75, 3.05) is 5.75 Å². The van der Waals surface area contributed by atoms with E-state index in [-0.39, 0.29) is 5.78 Å². The molecule has 2 aromatic rings. The minimum Gasteiger partial charge on any atom is -0.461 e. The number of benzene rings is 1. The fraction of sp³-hybridized carbons (Fsp3) is 0.0833. The molecule has 0 fully saturated rings. The third kappa shape index (κ3) is 3.00. The number of carbonyl (C=O) groups is 1. The van der Waals surface area contributed by atoms with E-state index in [9.17, 15) is 4.79 Å². The molecule has 0 aliphatic rings. The van der Waals surface area contributed by atoms with Crippen LogP contribution in [-0.4, -0.2) is 11.5 Å². The largest absolute Gasteiger partial charge is 0.461 e. The van der Waals surface area contributed by atoms with Gasteiger partial charge in [0.15, 0.2) is 5.76 Å². The van der Waals surface area contributed by atoms with E-state index < -0.39 is 0 Å². The predicted molar refractivity (Wildman–Crippen MR) is 67.9 cm³/mol. The first-order chi connectivity index (χ1) is 7.75. The molecular formula is C12H9BrO2S. The van der Waals surface area contributed by atoms with Gasteiger partial charge in [0.1, 0.15) is 0 Å². The molecule has 0 saturated carbocycles. The maximum absolute atomic E-state index is 11.6. The van der Waals surface area contributed by atoms with Gasteiger partial charge in [0.2, 0.25) is 5.78 Å². The summed E-state index contributed by atoms with van der Waals surface area (Å²) in [6.07, 6.45) is 1.51. The molecule has 1 heterocycles. The average Bonchev–Trinajstić information content (AvgIpc) is 2.79. The van der Waals surface area contributed by atoms with Gasteiger partial charge >= 0.3 is 0 Å². The third-order valence-electron chi connectivity index (χ3n) is 1.96. The fourth-order valence-corrected chi connectivity index (χ4v) is 2.59. The van der Waals surface area contributed by atoms with Crippen LogP contribution in [0.5, 0.6) is 0 Å².